The van der Waals surface area contributed by atoms with Gasteiger partial charge in [0.2, 0.25) is 0 Å². The maximum absolute atomic E-state index is 11.5. The average molecular weight is 216 g/mol. The molecule has 2 aliphatic heterocycles. The third-order valence-corrected chi connectivity index (χ3v) is 3.62. The summed E-state index contributed by atoms with van der Waals surface area (Å²) in [5.41, 5.74) is 4.54. The molecule has 3 nitrogen and oxygen atoms in total. The van der Waals surface area contributed by atoms with Crippen molar-refractivity contribution in [3.63, 3.8) is 0 Å². The lowest BCUT2D eigenvalue weighted by Gasteiger charge is -2.10. The minimum absolute atomic E-state index is 0.167. The summed E-state index contributed by atoms with van der Waals surface area (Å²) in [4.78, 5) is 11.5. The van der Waals surface area contributed by atoms with Crippen LogP contribution in [0.4, 0.5) is 0 Å². The van der Waals surface area contributed by atoms with Gasteiger partial charge >= 0.3 is 5.97 Å². The molecule has 0 N–H and O–H groups in total. The molecule has 16 heavy (non-hydrogen) atoms. The SMILES string of the molecule is O=C1OCc2c1ccc(C1CO1)c2C1CC1. The van der Waals surface area contributed by atoms with E-state index in [0.29, 0.717) is 12.5 Å². The largest absolute Gasteiger partial charge is 0.457 e. The summed E-state index contributed by atoms with van der Waals surface area (Å²) in [6.07, 6.45) is 2.76. The van der Waals surface area contributed by atoms with Gasteiger partial charge in [0.25, 0.3) is 0 Å². The van der Waals surface area contributed by atoms with Crippen LogP contribution in [0.25, 0.3) is 0 Å². The number of esters is 1. The number of carbonyl (C=O) groups is 1. The van der Waals surface area contributed by atoms with Crippen LogP contribution in [0.15, 0.2) is 12.1 Å². The average Bonchev–Trinajstić information content (AvgIpc) is 3.16. The van der Waals surface area contributed by atoms with E-state index in [9.17, 15) is 4.79 Å². The number of epoxide rings is 1. The number of fused-ring (bicyclic) bond motifs is 1. The summed E-state index contributed by atoms with van der Waals surface area (Å²) in [7, 11) is 0. The summed E-state index contributed by atoms with van der Waals surface area (Å²) in [5.74, 6) is 0.476. The Kier molecular flexibility index (Phi) is 1.56. The third kappa shape index (κ3) is 1.15. The smallest absolute Gasteiger partial charge is 0.338 e. The van der Waals surface area contributed by atoms with Crippen molar-refractivity contribution < 1.29 is 14.3 Å². The van der Waals surface area contributed by atoms with Gasteiger partial charge in [-0.25, -0.2) is 4.79 Å². The Hall–Kier alpha value is -1.35. The molecule has 0 radical (unpaired) electrons. The molecule has 1 saturated heterocycles. The number of hydrogen-bond donors (Lipinski definition) is 0. The number of rotatable bonds is 2. The first kappa shape index (κ1) is 8.76. The second kappa shape index (κ2) is 2.86. The molecule has 1 atom stereocenters. The van der Waals surface area contributed by atoms with E-state index < -0.39 is 0 Å². The van der Waals surface area contributed by atoms with Crippen molar-refractivity contribution in [2.45, 2.75) is 31.5 Å². The molecular weight excluding hydrogens is 204 g/mol. The van der Waals surface area contributed by atoms with Crippen LogP contribution in [0.3, 0.4) is 0 Å². The van der Waals surface area contributed by atoms with Crippen LogP contribution in [0.5, 0.6) is 0 Å². The summed E-state index contributed by atoms with van der Waals surface area (Å²) >= 11 is 0. The number of ether oxygens (including phenoxy) is 2. The summed E-state index contributed by atoms with van der Waals surface area (Å²) in [6, 6.07) is 3.95. The first-order valence-electron chi connectivity index (χ1n) is 5.79. The van der Waals surface area contributed by atoms with Gasteiger partial charge in [0.1, 0.15) is 12.7 Å². The van der Waals surface area contributed by atoms with Gasteiger partial charge in [0.05, 0.1) is 12.2 Å². The highest BCUT2D eigenvalue weighted by molar-refractivity contribution is 5.94. The van der Waals surface area contributed by atoms with Crippen molar-refractivity contribution in [2.75, 3.05) is 6.61 Å². The maximum Gasteiger partial charge on any atom is 0.338 e. The van der Waals surface area contributed by atoms with Crippen molar-refractivity contribution in [3.05, 3.63) is 34.4 Å². The van der Waals surface area contributed by atoms with Crippen LogP contribution in [0.1, 0.15) is 51.9 Å². The van der Waals surface area contributed by atoms with Gasteiger partial charge in [-0.1, -0.05) is 6.07 Å². The lowest BCUT2D eigenvalue weighted by molar-refractivity contribution is 0.0534. The van der Waals surface area contributed by atoms with Crippen LogP contribution >= 0.6 is 0 Å². The van der Waals surface area contributed by atoms with Gasteiger partial charge < -0.3 is 9.47 Å². The molecule has 1 aliphatic carbocycles. The Balaban J connectivity index is 1.92. The van der Waals surface area contributed by atoms with E-state index in [0.717, 1.165) is 17.7 Å². The van der Waals surface area contributed by atoms with E-state index in [1.807, 2.05) is 6.07 Å². The Labute approximate surface area is 93.4 Å². The van der Waals surface area contributed by atoms with Crippen LogP contribution in [0, 0.1) is 0 Å². The van der Waals surface area contributed by atoms with Crippen LogP contribution in [-0.4, -0.2) is 12.6 Å². The van der Waals surface area contributed by atoms with Gasteiger partial charge in [-0.05, 0) is 36.0 Å². The summed E-state index contributed by atoms with van der Waals surface area (Å²) in [6.45, 7) is 1.29. The van der Waals surface area contributed by atoms with Crippen molar-refractivity contribution in [2.24, 2.45) is 0 Å². The minimum Gasteiger partial charge on any atom is -0.457 e. The van der Waals surface area contributed by atoms with Crippen molar-refractivity contribution in [3.8, 4) is 0 Å². The summed E-state index contributed by atoms with van der Waals surface area (Å²) in [5, 5.41) is 0. The van der Waals surface area contributed by atoms with Crippen LogP contribution in [0.2, 0.25) is 0 Å². The fourth-order valence-corrected chi connectivity index (χ4v) is 2.61. The molecule has 0 aromatic heterocycles. The Bertz CT molecular complexity index is 484. The fourth-order valence-electron chi connectivity index (χ4n) is 2.61. The number of hydrogen-bond acceptors (Lipinski definition) is 3. The topological polar surface area (TPSA) is 38.8 Å². The van der Waals surface area contributed by atoms with Crippen molar-refractivity contribution >= 4 is 5.97 Å². The highest BCUT2D eigenvalue weighted by atomic mass is 16.6. The molecule has 0 amide bonds. The molecule has 0 spiro atoms. The molecule has 82 valence electrons. The molecule has 1 aromatic rings. The molecular formula is C13H12O3. The molecule has 2 fully saturated rings. The van der Waals surface area contributed by atoms with E-state index in [4.69, 9.17) is 9.47 Å². The minimum atomic E-state index is -0.167. The van der Waals surface area contributed by atoms with Gasteiger partial charge in [-0.15, -0.1) is 0 Å². The normalized spacial score (nSPS) is 26.5. The highest BCUT2D eigenvalue weighted by Crippen LogP contribution is 2.49. The van der Waals surface area contributed by atoms with Gasteiger partial charge in [0, 0.05) is 5.56 Å². The highest BCUT2D eigenvalue weighted by Gasteiger charge is 2.38. The molecule has 4 rings (SSSR count). The summed E-state index contributed by atoms with van der Waals surface area (Å²) < 4.78 is 10.5. The first-order chi connectivity index (χ1) is 7.84. The number of cyclic esters (lactones) is 1. The fraction of sp³-hybridized carbons (Fsp3) is 0.462. The standard InChI is InChI=1S/C13H12O3/c14-13-8-3-4-9(11-6-15-11)12(7-1-2-7)10(8)5-16-13/h3-4,7,11H,1-2,5-6H2. The second-order valence-electron chi connectivity index (χ2n) is 4.77. The zero-order valence-electron chi connectivity index (χ0n) is 8.86. The Morgan fingerprint density at radius 1 is 1.25 bits per heavy atom. The third-order valence-electron chi connectivity index (χ3n) is 3.62. The molecule has 1 aromatic carbocycles. The number of carbonyl (C=O) groups excluding carboxylic acids is 1. The quantitative estimate of drug-likeness (QED) is 0.562. The zero-order valence-corrected chi connectivity index (χ0v) is 8.86. The maximum atomic E-state index is 11.5. The predicted octanol–water partition coefficient (Wildman–Crippen LogP) is 2.31. The molecule has 1 unspecified atom stereocenters. The second-order valence-corrected chi connectivity index (χ2v) is 4.77. The molecule has 3 aliphatic rings. The van der Waals surface area contributed by atoms with Crippen molar-refractivity contribution in [1.29, 1.82) is 0 Å². The van der Waals surface area contributed by atoms with E-state index in [1.54, 1.807) is 0 Å². The lowest BCUT2D eigenvalue weighted by Crippen LogP contribution is -1.99. The zero-order chi connectivity index (χ0) is 10.7. The molecule has 3 heteroatoms. The predicted molar refractivity (Wildman–Crippen MR) is 56.2 cm³/mol. The van der Waals surface area contributed by atoms with E-state index in [1.165, 1.54) is 24.0 Å². The van der Waals surface area contributed by atoms with E-state index in [2.05, 4.69) is 6.07 Å². The Morgan fingerprint density at radius 2 is 2.06 bits per heavy atom. The lowest BCUT2D eigenvalue weighted by atomic mass is 9.92. The number of benzene rings is 1. The monoisotopic (exact) mass is 216 g/mol. The van der Waals surface area contributed by atoms with Gasteiger partial charge in [-0.3, -0.25) is 0 Å². The molecule has 0 bridgehead atoms. The van der Waals surface area contributed by atoms with Crippen molar-refractivity contribution in [1.82, 2.24) is 0 Å². The van der Waals surface area contributed by atoms with Crippen LogP contribution < -0.4 is 0 Å². The first-order valence-corrected chi connectivity index (χ1v) is 5.79. The van der Waals surface area contributed by atoms with Gasteiger partial charge in [-0.2, -0.15) is 0 Å². The van der Waals surface area contributed by atoms with E-state index in [-0.39, 0.29) is 12.1 Å². The van der Waals surface area contributed by atoms with Gasteiger partial charge in [0.15, 0.2) is 0 Å². The van der Waals surface area contributed by atoms with Crippen LogP contribution in [-0.2, 0) is 16.1 Å². The molecule has 1 saturated carbocycles. The Morgan fingerprint density at radius 3 is 2.75 bits per heavy atom. The molecule has 2 heterocycles. The van der Waals surface area contributed by atoms with E-state index >= 15 is 0 Å².